The second kappa shape index (κ2) is 12.3. The molecule has 0 radical (unpaired) electrons. The van der Waals surface area contributed by atoms with Gasteiger partial charge in [-0.3, -0.25) is 9.59 Å². The van der Waals surface area contributed by atoms with Crippen LogP contribution >= 0.6 is 28.3 Å². The minimum atomic E-state index is -0.419. The van der Waals surface area contributed by atoms with Crippen LogP contribution in [0.2, 0.25) is 0 Å². The van der Waals surface area contributed by atoms with Gasteiger partial charge < -0.3 is 20.1 Å². The second-order valence-electron chi connectivity index (χ2n) is 4.62. The van der Waals surface area contributed by atoms with Crippen molar-refractivity contribution in [2.45, 2.75) is 12.5 Å². The Labute approximate surface area is 150 Å². The average Bonchev–Trinajstić information content (AvgIpc) is 2.51. The molecule has 0 spiro atoms. The summed E-state index contributed by atoms with van der Waals surface area (Å²) in [5.41, 5.74) is 0.846. The van der Waals surface area contributed by atoms with Crippen molar-refractivity contribution in [3.05, 3.63) is 34.3 Å². The van der Waals surface area contributed by atoms with Crippen molar-refractivity contribution in [1.29, 1.82) is 0 Å². The van der Waals surface area contributed by atoms with Crippen molar-refractivity contribution in [2.24, 2.45) is 0 Å². The standard InChI is InChI=1S/C15H21BrN2O4.ClH/c1-21-8-7-17-10-14(19)18-13(9-15(20)22-2)11-3-5-12(16)6-4-11;/h3-6,13,17H,7-10H2,1-2H3,(H,18,19);1H. The minimum absolute atomic E-state index is 0. The normalized spacial score (nSPS) is 11.3. The van der Waals surface area contributed by atoms with Crippen LogP contribution in [-0.4, -0.2) is 45.8 Å². The lowest BCUT2D eigenvalue weighted by atomic mass is 10.0. The van der Waals surface area contributed by atoms with Gasteiger partial charge in [0.05, 0.1) is 32.7 Å². The molecular formula is C15H22BrClN2O4. The number of carbonyl (C=O) groups excluding carboxylic acids is 2. The Hall–Kier alpha value is -1.15. The van der Waals surface area contributed by atoms with Crippen molar-refractivity contribution in [3.63, 3.8) is 0 Å². The number of esters is 1. The lowest BCUT2D eigenvalue weighted by molar-refractivity contribution is -0.141. The van der Waals surface area contributed by atoms with Crippen LogP contribution in [0.3, 0.4) is 0 Å². The first kappa shape index (κ1) is 21.9. The van der Waals surface area contributed by atoms with Crippen molar-refractivity contribution in [3.8, 4) is 0 Å². The van der Waals surface area contributed by atoms with Gasteiger partial charge in [-0.15, -0.1) is 12.4 Å². The van der Waals surface area contributed by atoms with E-state index in [1.54, 1.807) is 7.11 Å². The van der Waals surface area contributed by atoms with Crippen LogP contribution in [0.5, 0.6) is 0 Å². The number of rotatable bonds is 9. The Morgan fingerprint density at radius 1 is 1.22 bits per heavy atom. The Kier molecular flexibility index (Phi) is 11.7. The summed E-state index contributed by atoms with van der Waals surface area (Å²) < 4.78 is 10.5. The number of nitrogens with one attached hydrogen (secondary N) is 2. The number of hydrogen-bond acceptors (Lipinski definition) is 5. The molecular weight excluding hydrogens is 388 g/mol. The topological polar surface area (TPSA) is 76.7 Å². The molecule has 0 saturated carbocycles. The van der Waals surface area contributed by atoms with E-state index < -0.39 is 6.04 Å². The van der Waals surface area contributed by atoms with Crippen molar-refractivity contribution in [2.75, 3.05) is 33.9 Å². The number of amides is 1. The predicted molar refractivity (Wildman–Crippen MR) is 93.7 cm³/mol. The average molecular weight is 410 g/mol. The van der Waals surface area contributed by atoms with Crippen molar-refractivity contribution < 1.29 is 19.1 Å². The molecule has 8 heteroatoms. The number of hydrogen-bond donors (Lipinski definition) is 2. The fourth-order valence-electron chi connectivity index (χ4n) is 1.82. The van der Waals surface area contributed by atoms with Crippen LogP contribution in [-0.2, 0) is 19.1 Å². The molecule has 0 aromatic heterocycles. The summed E-state index contributed by atoms with van der Waals surface area (Å²) >= 11 is 3.36. The molecule has 130 valence electrons. The molecule has 0 aliphatic carbocycles. The highest BCUT2D eigenvalue weighted by Crippen LogP contribution is 2.20. The Bertz CT molecular complexity index is 485. The molecule has 1 atom stereocenters. The Balaban J connectivity index is 0.00000484. The predicted octanol–water partition coefficient (Wildman–Crippen LogP) is 1.83. The molecule has 2 N–H and O–H groups in total. The van der Waals surface area contributed by atoms with E-state index in [0.29, 0.717) is 13.2 Å². The fraction of sp³-hybridized carbons (Fsp3) is 0.467. The maximum Gasteiger partial charge on any atom is 0.307 e. The van der Waals surface area contributed by atoms with Gasteiger partial charge in [0.15, 0.2) is 0 Å². The summed E-state index contributed by atoms with van der Waals surface area (Å²) in [6, 6.07) is 7.02. The van der Waals surface area contributed by atoms with Crippen LogP contribution in [0, 0.1) is 0 Å². The number of ether oxygens (including phenoxy) is 2. The fourth-order valence-corrected chi connectivity index (χ4v) is 2.08. The third-order valence-corrected chi connectivity index (χ3v) is 3.50. The van der Waals surface area contributed by atoms with E-state index in [1.807, 2.05) is 24.3 Å². The highest BCUT2D eigenvalue weighted by Gasteiger charge is 2.18. The van der Waals surface area contributed by atoms with Crippen LogP contribution in [0.1, 0.15) is 18.0 Å². The van der Waals surface area contributed by atoms with Crippen LogP contribution in [0.25, 0.3) is 0 Å². The highest BCUT2D eigenvalue weighted by atomic mass is 79.9. The van der Waals surface area contributed by atoms with E-state index in [4.69, 9.17) is 4.74 Å². The zero-order valence-electron chi connectivity index (χ0n) is 13.1. The second-order valence-corrected chi connectivity index (χ2v) is 5.54. The molecule has 6 nitrogen and oxygen atoms in total. The maximum atomic E-state index is 12.0. The zero-order valence-corrected chi connectivity index (χ0v) is 15.5. The smallest absolute Gasteiger partial charge is 0.307 e. The van der Waals surface area contributed by atoms with Crippen molar-refractivity contribution in [1.82, 2.24) is 10.6 Å². The summed E-state index contributed by atoms with van der Waals surface area (Å²) in [4.78, 5) is 23.5. The van der Waals surface area contributed by atoms with Gasteiger partial charge in [0.25, 0.3) is 0 Å². The SMILES string of the molecule is COCCNCC(=O)NC(CC(=O)OC)c1ccc(Br)cc1.Cl. The monoisotopic (exact) mass is 408 g/mol. The maximum absolute atomic E-state index is 12.0. The van der Waals surface area contributed by atoms with Crippen LogP contribution in [0.4, 0.5) is 0 Å². The molecule has 1 aromatic carbocycles. The van der Waals surface area contributed by atoms with Crippen LogP contribution < -0.4 is 10.6 Å². The number of halogens is 2. The first-order chi connectivity index (χ1) is 10.6. The number of methoxy groups -OCH3 is 2. The van der Waals surface area contributed by atoms with Crippen molar-refractivity contribution >= 4 is 40.2 Å². The number of benzene rings is 1. The molecule has 1 amide bonds. The molecule has 23 heavy (non-hydrogen) atoms. The summed E-state index contributed by atoms with van der Waals surface area (Å²) in [6.45, 7) is 1.28. The quantitative estimate of drug-likeness (QED) is 0.481. The lowest BCUT2D eigenvalue weighted by Gasteiger charge is -2.18. The molecule has 0 saturated heterocycles. The van der Waals surface area contributed by atoms with E-state index in [1.165, 1.54) is 7.11 Å². The Morgan fingerprint density at radius 3 is 2.43 bits per heavy atom. The van der Waals surface area contributed by atoms with Gasteiger partial charge >= 0.3 is 5.97 Å². The summed E-state index contributed by atoms with van der Waals surface area (Å²) in [5, 5.41) is 5.80. The van der Waals surface area contributed by atoms with Gasteiger partial charge in [-0.1, -0.05) is 28.1 Å². The molecule has 0 aliphatic heterocycles. The third-order valence-electron chi connectivity index (χ3n) is 2.97. The van der Waals surface area contributed by atoms with Gasteiger partial charge in [0.2, 0.25) is 5.91 Å². The highest BCUT2D eigenvalue weighted by molar-refractivity contribution is 9.10. The number of carbonyl (C=O) groups is 2. The van der Waals surface area contributed by atoms with Gasteiger partial charge in [-0.05, 0) is 17.7 Å². The Morgan fingerprint density at radius 2 is 1.87 bits per heavy atom. The van der Waals surface area contributed by atoms with Gasteiger partial charge in [0.1, 0.15) is 0 Å². The van der Waals surface area contributed by atoms with E-state index in [-0.39, 0.29) is 37.2 Å². The molecule has 1 unspecified atom stereocenters. The zero-order chi connectivity index (χ0) is 16.4. The van der Waals surface area contributed by atoms with E-state index in [0.717, 1.165) is 10.0 Å². The van der Waals surface area contributed by atoms with Gasteiger partial charge in [-0.25, -0.2) is 0 Å². The first-order valence-corrected chi connectivity index (χ1v) is 7.67. The van der Waals surface area contributed by atoms with Gasteiger partial charge in [0, 0.05) is 18.1 Å². The molecule has 1 rings (SSSR count). The van der Waals surface area contributed by atoms with Crippen LogP contribution in [0.15, 0.2) is 28.7 Å². The first-order valence-electron chi connectivity index (χ1n) is 6.88. The summed E-state index contributed by atoms with van der Waals surface area (Å²) in [6.07, 6.45) is 0.0853. The molecule has 0 bridgehead atoms. The lowest BCUT2D eigenvalue weighted by Crippen LogP contribution is -2.38. The van der Waals surface area contributed by atoms with E-state index >= 15 is 0 Å². The molecule has 0 fully saturated rings. The van der Waals surface area contributed by atoms with E-state index in [2.05, 4.69) is 31.3 Å². The third kappa shape index (κ3) is 8.90. The molecule has 0 heterocycles. The summed E-state index contributed by atoms with van der Waals surface area (Å²) in [5.74, 6) is -0.562. The largest absolute Gasteiger partial charge is 0.469 e. The van der Waals surface area contributed by atoms with Gasteiger partial charge in [-0.2, -0.15) is 0 Å². The molecule has 1 aromatic rings. The summed E-state index contributed by atoms with van der Waals surface area (Å²) in [7, 11) is 2.93. The molecule has 0 aliphatic rings. The minimum Gasteiger partial charge on any atom is -0.469 e. The van der Waals surface area contributed by atoms with E-state index in [9.17, 15) is 9.59 Å².